The number of sulfonamides is 1. The van der Waals surface area contributed by atoms with E-state index in [9.17, 15) is 12.8 Å². The first-order chi connectivity index (χ1) is 5.90. The summed E-state index contributed by atoms with van der Waals surface area (Å²) < 4.78 is 34.3. The number of halogens is 2. The van der Waals surface area contributed by atoms with Gasteiger partial charge in [-0.05, 0) is 12.1 Å². The van der Waals surface area contributed by atoms with Crippen molar-refractivity contribution in [3.8, 4) is 0 Å². The highest BCUT2D eigenvalue weighted by molar-refractivity contribution is 7.88. The van der Waals surface area contributed by atoms with Crippen LogP contribution in [-0.4, -0.2) is 8.42 Å². The molecule has 1 aromatic rings. The Bertz CT molecular complexity index is 398. The van der Waals surface area contributed by atoms with Crippen LogP contribution < -0.4 is 5.14 Å². The normalized spacial score (nSPS) is 11.6. The molecule has 0 fully saturated rings. The van der Waals surface area contributed by atoms with Gasteiger partial charge in [-0.3, -0.25) is 0 Å². The maximum atomic E-state index is 13.0. The Morgan fingerprint density at radius 3 is 2.54 bits per heavy atom. The van der Waals surface area contributed by atoms with Crippen molar-refractivity contribution in [1.82, 2.24) is 0 Å². The Labute approximate surface area is 80.4 Å². The minimum absolute atomic E-state index is 0.0639. The van der Waals surface area contributed by atoms with Crippen LogP contribution in [0.2, 0.25) is 5.02 Å². The Hall–Kier alpha value is -0.650. The fraction of sp³-hybridized carbons (Fsp3) is 0.143. The molecule has 0 unspecified atom stereocenters. The topological polar surface area (TPSA) is 60.2 Å². The van der Waals surface area contributed by atoms with E-state index in [1.807, 2.05) is 0 Å². The molecular weight excluding hydrogens is 217 g/mol. The van der Waals surface area contributed by atoms with Crippen molar-refractivity contribution in [2.75, 3.05) is 0 Å². The molecule has 3 nitrogen and oxygen atoms in total. The summed E-state index contributed by atoms with van der Waals surface area (Å²) in [6, 6.07) is 3.93. The van der Waals surface area contributed by atoms with Crippen molar-refractivity contribution in [2.45, 2.75) is 5.75 Å². The number of hydrogen-bond donors (Lipinski definition) is 1. The number of benzene rings is 1. The third-order valence-electron chi connectivity index (χ3n) is 1.41. The lowest BCUT2D eigenvalue weighted by molar-refractivity contribution is 0.588. The van der Waals surface area contributed by atoms with E-state index in [4.69, 9.17) is 16.7 Å². The van der Waals surface area contributed by atoms with Crippen LogP contribution in [0.25, 0.3) is 0 Å². The van der Waals surface area contributed by atoms with Gasteiger partial charge in [-0.1, -0.05) is 17.7 Å². The fourth-order valence-corrected chi connectivity index (χ4v) is 1.88. The van der Waals surface area contributed by atoms with Gasteiger partial charge in [-0.15, -0.1) is 0 Å². The number of hydrogen-bond acceptors (Lipinski definition) is 2. The maximum absolute atomic E-state index is 13.0. The Kier molecular flexibility index (Phi) is 2.90. The monoisotopic (exact) mass is 223 g/mol. The molecule has 0 heterocycles. The van der Waals surface area contributed by atoms with E-state index in [1.54, 1.807) is 0 Å². The third kappa shape index (κ3) is 2.95. The molecule has 2 N–H and O–H groups in total. The molecule has 6 heteroatoms. The lowest BCUT2D eigenvalue weighted by Crippen LogP contribution is -2.15. The van der Waals surface area contributed by atoms with Gasteiger partial charge in [0.1, 0.15) is 5.82 Å². The maximum Gasteiger partial charge on any atom is 0.213 e. The van der Waals surface area contributed by atoms with Crippen molar-refractivity contribution < 1.29 is 12.8 Å². The minimum Gasteiger partial charge on any atom is -0.228 e. The average molecular weight is 224 g/mol. The first-order valence-corrected chi connectivity index (χ1v) is 5.43. The van der Waals surface area contributed by atoms with Gasteiger partial charge in [0.25, 0.3) is 0 Å². The van der Waals surface area contributed by atoms with E-state index in [0.29, 0.717) is 0 Å². The second kappa shape index (κ2) is 3.61. The van der Waals surface area contributed by atoms with Crippen LogP contribution in [-0.2, 0) is 15.8 Å². The molecule has 0 aliphatic rings. The molecule has 0 bridgehead atoms. The highest BCUT2D eigenvalue weighted by Crippen LogP contribution is 2.20. The predicted octanol–water partition coefficient (Wildman–Crippen LogP) is 1.27. The fourth-order valence-electron chi connectivity index (χ4n) is 0.871. The average Bonchev–Trinajstić information content (AvgIpc) is 1.95. The summed E-state index contributed by atoms with van der Waals surface area (Å²) in [5, 5.41) is 4.82. The smallest absolute Gasteiger partial charge is 0.213 e. The van der Waals surface area contributed by atoms with Crippen molar-refractivity contribution in [2.24, 2.45) is 5.14 Å². The van der Waals surface area contributed by atoms with Crippen LogP contribution in [0.1, 0.15) is 5.56 Å². The minimum atomic E-state index is -3.75. The molecule has 0 spiro atoms. The van der Waals surface area contributed by atoms with Gasteiger partial charge in [0.05, 0.1) is 5.75 Å². The Balaban J connectivity index is 3.15. The standard InChI is InChI=1S/C7H7ClFNO2S/c8-6-2-1-3-7(9)5(6)4-13(10,11)12/h1-3H,4H2,(H2,10,11,12). The zero-order valence-corrected chi connectivity index (χ0v) is 8.07. The molecule has 13 heavy (non-hydrogen) atoms. The lowest BCUT2D eigenvalue weighted by atomic mass is 10.2. The van der Waals surface area contributed by atoms with Crippen LogP contribution in [0, 0.1) is 5.82 Å². The van der Waals surface area contributed by atoms with Crippen LogP contribution in [0.3, 0.4) is 0 Å². The summed E-state index contributed by atoms with van der Waals surface area (Å²) in [4.78, 5) is 0. The van der Waals surface area contributed by atoms with Gasteiger partial charge in [0.15, 0.2) is 0 Å². The van der Waals surface area contributed by atoms with E-state index in [0.717, 1.165) is 6.07 Å². The van der Waals surface area contributed by atoms with Crippen molar-refractivity contribution in [1.29, 1.82) is 0 Å². The lowest BCUT2D eigenvalue weighted by Gasteiger charge is -2.03. The number of primary sulfonamides is 1. The molecule has 0 aromatic heterocycles. The predicted molar refractivity (Wildman–Crippen MR) is 48.2 cm³/mol. The first-order valence-electron chi connectivity index (χ1n) is 3.33. The SMILES string of the molecule is NS(=O)(=O)Cc1c(F)cccc1Cl. The molecule has 1 rings (SSSR count). The van der Waals surface area contributed by atoms with Crippen molar-refractivity contribution >= 4 is 21.6 Å². The Morgan fingerprint density at radius 1 is 1.46 bits per heavy atom. The Morgan fingerprint density at radius 2 is 2.08 bits per heavy atom. The summed E-state index contributed by atoms with van der Waals surface area (Å²) >= 11 is 5.58. The van der Waals surface area contributed by atoms with Gasteiger partial charge in [-0.2, -0.15) is 0 Å². The molecule has 1 aromatic carbocycles. The molecule has 0 radical (unpaired) electrons. The molecule has 0 atom stereocenters. The molecule has 0 saturated heterocycles. The summed E-state index contributed by atoms with van der Waals surface area (Å²) in [5.74, 6) is -1.25. The second-order valence-corrected chi connectivity index (χ2v) is 4.53. The highest BCUT2D eigenvalue weighted by atomic mass is 35.5. The van der Waals surface area contributed by atoms with Gasteiger partial charge in [-0.25, -0.2) is 17.9 Å². The summed E-state index contributed by atoms with van der Waals surface area (Å²) in [5.41, 5.74) is -0.0910. The molecule has 0 aliphatic carbocycles. The van der Waals surface area contributed by atoms with Crippen molar-refractivity contribution in [3.63, 3.8) is 0 Å². The van der Waals surface area contributed by atoms with Crippen LogP contribution >= 0.6 is 11.6 Å². The van der Waals surface area contributed by atoms with E-state index < -0.39 is 21.6 Å². The first kappa shape index (κ1) is 10.4. The zero-order chi connectivity index (χ0) is 10.1. The van der Waals surface area contributed by atoms with Gasteiger partial charge < -0.3 is 0 Å². The molecule has 0 amide bonds. The zero-order valence-electron chi connectivity index (χ0n) is 6.50. The van der Waals surface area contributed by atoms with Gasteiger partial charge in [0, 0.05) is 10.6 Å². The molecule has 72 valence electrons. The quantitative estimate of drug-likeness (QED) is 0.821. The van der Waals surface area contributed by atoms with Crippen molar-refractivity contribution in [3.05, 3.63) is 34.6 Å². The van der Waals surface area contributed by atoms with Gasteiger partial charge >= 0.3 is 0 Å². The molecule has 0 saturated carbocycles. The summed E-state index contributed by atoms with van der Waals surface area (Å²) in [6.07, 6.45) is 0. The summed E-state index contributed by atoms with van der Waals surface area (Å²) in [7, 11) is -3.75. The third-order valence-corrected chi connectivity index (χ3v) is 2.45. The van der Waals surface area contributed by atoms with Crippen LogP contribution in [0.4, 0.5) is 4.39 Å². The summed E-state index contributed by atoms with van der Waals surface area (Å²) in [6.45, 7) is 0. The van der Waals surface area contributed by atoms with E-state index in [-0.39, 0.29) is 10.6 Å². The largest absolute Gasteiger partial charge is 0.228 e. The molecular formula is C7H7ClFNO2S. The van der Waals surface area contributed by atoms with E-state index in [1.165, 1.54) is 12.1 Å². The number of rotatable bonds is 2. The molecule has 0 aliphatic heterocycles. The van der Waals surface area contributed by atoms with E-state index in [2.05, 4.69) is 0 Å². The van der Waals surface area contributed by atoms with Crippen LogP contribution in [0.15, 0.2) is 18.2 Å². The number of nitrogens with two attached hydrogens (primary N) is 1. The highest BCUT2D eigenvalue weighted by Gasteiger charge is 2.12. The van der Waals surface area contributed by atoms with Crippen LogP contribution in [0.5, 0.6) is 0 Å². The van der Waals surface area contributed by atoms with Gasteiger partial charge in [0.2, 0.25) is 10.0 Å². The second-order valence-electron chi connectivity index (χ2n) is 2.51. The van der Waals surface area contributed by atoms with E-state index >= 15 is 0 Å².